The van der Waals surface area contributed by atoms with Crippen molar-refractivity contribution in [2.75, 3.05) is 0 Å². The predicted molar refractivity (Wildman–Crippen MR) is 73.2 cm³/mol. The lowest BCUT2D eigenvalue weighted by Gasteiger charge is -1.97. The fourth-order valence-corrected chi connectivity index (χ4v) is 2.38. The third-order valence-corrected chi connectivity index (χ3v) is 3.24. The van der Waals surface area contributed by atoms with Gasteiger partial charge in [-0.3, -0.25) is 0 Å². The fraction of sp³-hybridized carbons (Fsp3) is 0.125. The molecule has 18 heavy (non-hydrogen) atoms. The quantitative estimate of drug-likeness (QED) is 0.639. The molecule has 0 atom stereocenters. The summed E-state index contributed by atoms with van der Waals surface area (Å²) in [6.45, 7) is 4.20. The number of hydrogen-bond donors (Lipinski definition) is 1. The zero-order valence-corrected chi connectivity index (χ0v) is 10.4. The van der Waals surface area contributed by atoms with E-state index >= 15 is 0 Å². The second kappa shape index (κ2) is 3.98. The highest BCUT2D eigenvalue weighted by Gasteiger charge is 2.06. The van der Waals surface area contributed by atoms with Gasteiger partial charge in [-0.25, -0.2) is 4.39 Å². The molecule has 0 aliphatic carbocycles. The van der Waals surface area contributed by atoms with Gasteiger partial charge in [-0.05, 0) is 66.9 Å². The van der Waals surface area contributed by atoms with Crippen LogP contribution >= 0.6 is 0 Å². The van der Waals surface area contributed by atoms with Gasteiger partial charge in [-0.2, -0.15) is 0 Å². The minimum absolute atomic E-state index is 0.207. The summed E-state index contributed by atoms with van der Waals surface area (Å²) in [5.74, 6) is -0.207. The van der Waals surface area contributed by atoms with Crippen LogP contribution in [0.5, 0.6) is 0 Å². The summed E-state index contributed by atoms with van der Waals surface area (Å²) >= 11 is 0. The lowest BCUT2D eigenvalue weighted by molar-refractivity contribution is 0.628. The van der Waals surface area contributed by atoms with Gasteiger partial charge in [0.15, 0.2) is 0 Å². The van der Waals surface area contributed by atoms with E-state index in [1.54, 1.807) is 12.1 Å². The van der Waals surface area contributed by atoms with E-state index in [1.165, 1.54) is 28.6 Å². The topological polar surface area (TPSA) is 15.8 Å². The van der Waals surface area contributed by atoms with Crippen LogP contribution in [0, 0.1) is 19.7 Å². The van der Waals surface area contributed by atoms with E-state index in [0.717, 1.165) is 16.8 Å². The lowest BCUT2D eigenvalue weighted by Crippen LogP contribution is -1.78. The number of nitrogens with one attached hydrogen (secondary N) is 1. The first-order valence-electron chi connectivity index (χ1n) is 5.99. The number of halogens is 1. The molecular weight excluding hydrogens is 225 g/mol. The first kappa shape index (κ1) is 11.0. The first-order valence-corrected chi connectivity index (χ1v) is 5.99. The molecule has 1 nitrogen and oxygen atoms in total. The van der Waals surface area contributed by atoms with Crippen LogP contribution in [0.15, 0.2) is 42.5 Å². The Morgan fingerprint density at radius 2 is 1.67 bits per heavy atom. The van der Waals surface area contributed by atoms with Crippen LogP contribution in [-0.2, 0) is 0 Å². The van der Waals surface area contributed by atoms with Gasteiger partial charge in [-0.1, -0.05) is 6.07 Å². The van der Waals surface area contributed by atoms with E-state index in [9.17, 15) is 4.39 Å². The molecule has 0 bridgehead atoms. The first-order chi connectivity index (χ1) is 8.63. The Morgan fingerprint density at radius 1 is 0.944 bits per heavy atom. The molecule has 2 aromatic carbocycles. The van der Waals surface area contributed by atoms with Crippen LogP contribution in [-0.4, -0.2) is 4.98 Å². The SMILES string of the molecule is Cc1cc(C)c2cc(-c3ccc(F)cc3)[nH]c2c1. The molecule has 1 N–H and O–H groups in total. The maximum absolute atomic E-state index is 12.9. The fourth-order valence-electron chi connectivity index (χ4n) is 2.38. The number of hydrogen-bond acceptors (Lipinski definition) is 0. The maximum atomic E-state index is 12.9. The van der Waals surface area contributed by atoms with Gasteiger partial charge in [0.2, 0.25) is 0 Å². The molecule has 0 unspecified atom stereocenters. The normalized spacial score (nSPS) is 11.1. The average molecular weight is 239 g/mol. The second-order valence-corrected chi connectivity index (χ2v) is 4.73. The van der Waals surface area contributed by atoms with E-state index in [0.29, 0.717) is 0 Å². The Bertz CT molecular complexity index is 708. The highest BCUT2D eigenvalue weighted by molar-refractivity contribution is 5.89. The molecule has 0 radical (unpaired) electrons. The predicted octanol–water partition coefficient (Wildman–Crippen LogP) is 4.59. The van der Waals surface area contributed by atoms with Crippen molar-refractivity contribution in [3.05, 3.63) is 59.4 Å². The molecule has 3 rings (SSSR count). The molecule has 0 saturated heterocycles. The smallest absolute Gasteiger partial charge is 0.123 e. The molecule has 0 saturated carbocycles. The minimum atomic E-state index is -0.207. The second-order valence-electron chi connectivity index (χ2n) is 4.73. The van der Waals surface area contributed by atoms with Gasteiger partial charge in [0, 0.05) is 16.6 Å². The van der Waals surface area contributed by atoms with Crippen molar-refractivity contribution in [2.24, 2.45) is 0 Å². The molecule has 2 heteroatoms. The van der Waals surface area contributed by atoms with Crippen molar-refractivity contribution >= 4 is 10.9 Å². The van der Waals surface area contributed by atoms with E-state index in [1.807, 2.05) is 0 Å². The highest BCUT2D eigenvalue weighted by atomic mass is 19.1. The van der Waals surface area contributed by atoms with Crippen molar-refractivity contribution in [3.63, 3.8) is 0 Å². The lowest BCUT2D eigenvalue weighted by atomic mass is 10.1. The molecule has 0 aliphatic heterocycles. The summed E-state index contributed by atoms with van der Waals surface area (Å²) in [5.41, 5.74) is 5.66. The largest absolute Gasteiger partial charge is 0.355 e. The van der Waals surface area contributed by atoms with E-state index in [4.69, 9.17) is 0 Å². The van der Waals surface area contributed by atoms with Crippen molar-refractivity contribution in [3.8, 4) is 11.3 Å². The average Bonchev–Trinajstić information content (AvgIpc) is 2.74. The number of rotatable bonds is 1. The van der Waals surface area contributed by atoms with Gasteiger partial charge in [-0.15, -0.1) is 0 Å². The molecule has 0 spiro atoms. The zero-order chi connectivity index (χ0) is 12.7. The van der Waals surface area contributed by atoms with Crippen LogP contribution in [0.2, 0.25) is 0 Å². The van der Waals surface area contributed by atoms with E-state index in [2.05, 4.69) is 37.0 Å². The zero-order valence-electron chi connectivity index (χ0n) is 10.4. The van der Waals surface area contributed by atoms with Gasteiger partial charge in [0.05, 0.1) is 0 Å². The van der Waals surface area contributed by atoms with Gasteiger partial charge >= 0.3 is 0 Å². The highest BCUT2D eigenvalue weighted by Crippen LogP contribution is 2.27. The van der Waals surface area contributed by atoms with Crippen LogP contribution in [0.1, 0.15) is 11.1 Å². The van der Waals surface area contributed by atoms with Crippen molar-refractivity contribution in [1.82, 2.24) is 4.98 Å². The van der Waals surface area contributed by atoms with Crippen LogP contribution in [0.3, 0.4) is 0 Å². The van der Waals surface area contributed by atoms with Crippen LogP contribution < -0.4 is 0 Å². The van der Waals surface area contributed by atoms with Crippen molar-refractivity contribution < 1.29 is 4.39 Å². The van der Waals surface area contributed by atoms with Crippen LogP contribution in [0.4, 0.5) is 4.39 Å². The Kier molecular flexibility index (Phi) is 2.44. The number of aromatic nitrogens is 1. The van der Waals surface area contributed by atoms with Crippen LogP contribution in [0.25, 0.3) is 22.2 Å². The third kappa shape index (κ3) is 1.80. The molecule has 3 aromatic rings. The summed E-state index contributed by atoms with van der Waals surface area (Å²) < 4.78 is 12.9. The van der Waals surface area contributed by atoms with E-state index in [-0.39, 0.29) is 5.82 Å². The summed E-state index contributed by atoms with van der Waals surface area (Å²) in [6, 6.07) is 13.0. The number of H-pyrrole nitrogens is 1. The number of fused-ring (bicyclic) bond motifs is 1. The molecule has 1 heterocycles. The van der Waals surface area contributed by atoms with Gasteiger partial charge in [0.1, 0.15) is 5.82 Å². The number of benzene rings is 2. The van der Waals surface area contributed by atoms with E-state index < -0.39 is 0 Å². The van der Waals surface area contributed by atoms with Crippen molar-refractivity contribution in [1.29, 1.82) is 0 Å². The third-order valence-electron chi connectivity index (χ3n) is 3.24. The molecule has 1 aromatic heterocycles. The summed E-state index contributed by atoms with van der Waals surface area (Å²) in [7, 11) is 0. The Hall–Kier alpha value is -2.09. The molecule has 0 aliphatic rings. The molecule has 90 valence electrons. The summed E-state index contributed by atoms with van der Waals surface area (Å²) in [5, 5.41) is 1.22. The molecular formula is C16H14FN. The summed E-state index contributed by atoms with van der Waals surface area (Å²) in [6.07, 6.45) is 0. The monoisotopic (exact) mass is 239 g/mol. The maximum Gasteiger partial charge on any atom is 0.123 e. The summed E-state index contributed by atoms with van der Waals surface area (Å²) in [4.78, 5) is 3.39. The Balaban J connectivity index is 2.19. The molecule has 0 amide bonds. The van der Waals surface area contributed by atoms with Crippen molar-refractivity contribution in [2.45, 2.75) is 13.8 Å². The number of aryl methyl sites for hydroxylation is 2. The standard InChI is InChI=1S/C16H14FN/c1-10-7-11(2)14-9-15(18-16(14)8-10)12-3-5-13(17)6-4-12/h3-9,18H,1-2H3. The Labute approximate surface area is 105 Å². The van der Waals surface area contributed by atoms with Gasteiger partial charge < -0.3 is 4.98 Å². The Morgan fingerprint density at radius 3 is 2.39 bits per heavy atom. The minimum Gasteiger partial charge on any atom is -0.355 e. The number of aromatic amines is 1. The molecule has 0 fully saturated rings. The van der Waals surface area contributed by atoms with Gasteiger partial charge in [0.25, 0.3) is 0 Å².